The van der Waals surface area contributed by atoms with Gasteiger partial charge in [-0.05, 0) is 38.0 Å². The fourth-order valence-electron chi connectivity index (χ4n) is 2.24. The van der Waals surface area contributed by atoms with Crippen LogP contribution in [0.5, 0.6) is 0 Å². The lowest BCUT2D eigenvalue weighted by atomic mass is 10.2. The average Bonchev–Trinajstić information content (AvgIpc) is 2.78. The van der Waals surface area contributed by atoms with Crippen LogP contribution in [0, 0.1) is 6.92 Å². The van der Waals surface area contributed by atoms with Crippen molar-refractivity contribution in [3.05, 3.63) is 40.2 Å². The van der Waals surface area contributed by atoms with Gasteiger partial charge in [-0.2, -0.15) is 5.10 Å². The predicted molar refractivity (Wildman–Crippen MR) is 88.0 cm³/mol. The smallest absolute Gasteiger partial charge is 0.0859 e. The van der Waals surface area contributed by atoms with E-state index in [2.05, 4.69) is 5.10 Å². The lowest BCUT2D eigenvalue weighted by molar-refractivity contribution is 0.623. The number of hydrogen-bond acceptors (Lipinski definition) is 3. The van der Waals surface area contributed by atoms with Crippen LogP contribution in [0.1, 0.15) is 30.8 Å². The van der Waals surface area contributed by atoms with Gasteiger partial charge in [0.2, 0.25) is 0 Å². The molecule has 0 spiro atoms. The zero-order chi connectivity index (χ0) is 15.6. The quantitative estimate of drug-likeness (QED) is 0.858. The standard InChI is InChI=1S/C15H20ClN3OS/c1-4-12-15(16)13(19(5-2)18-12)9-21(20)14-8-6-7-11(17)10(14)3/h6-8H,4-5,9,17H2,1-3H3. The lowest BCUT2D eigenvalue weighted by Gasteiger charge is -2.09. The Labute approximate surface area is 132 Å². The maximum absolute atomic E-state index is 12.7. The van der Waals surface area contributed by atoms with Crippen molar-refractivity contribution in [2.24, 2.45) is 0 Å². The molecule has 0 aliphatic heterocycles. The Morgan fingerprint density at radius 2 is 2.10 bits per heavy atom. The first-order chi connectivity index (χ1) is 9.99. The van der Waals surface area contributed by atoms with E-state index in [1.54, 1.807) is 0 Å². The minimum Gasteiger partial charge on any atom is -0.398 e. The van der Waals surface area contributed by atoms with Crippen LogP contribution < -0.4 is 5.73 Å². The van der Waals surface area contributed by atoms with Crippen molar-refractivity contribution in [3.63, 3.8) is 0 Å². The number of nitrogens with two attached hydrogens (primary N) is 1. The van der Waals surface area contributed by atoms with Crippen molar-refractivity contribution in [1.29, 1.82) is 0 Å². The van der Waals surface area contributed by atoms with E-state index >= 15 is 0 Å². The summed E-state index contributed by atoms with van der Waals surface area (Å²) in [5.74, 6) is 0.351. The molecule has 2 rings (SSSR count). The maximum atomic E-state index is 12.7. The molecule has 0 saturated carbocycles. The summed E-state index contributed by atoms with van der Waals surface area (Å²) < 4.78 is 14.5. The fourth-order valence-corrected chi connectivity index (χ4v) is 4.04. The van der Waals surface area contributed by atoms with Gasteiger partial charge in [-0.3, -0.25) is 8.89 Å². The van der Waals surface area contributed by atoms with Gasteiger partial charge in [-0.25, -0.2) is 0 Å². The third kappa shape index (κ3) is 3.14. The van der Waals surface area contributed by atoms with Crippen molar-refractivity contribution in [2.75, 3.05) is 5.73 Å². The molecular weight excluding hydrogens is 306 g/mol. The Morgan fingerprint density at radius 1 is 1.38 bits per heavy atom. The summed E-state index contributed by atoms with van der Waals surface area (Å²) in [5, 5.41) is 5.09. The number of anilines is 1. The van der Waals surface area contributed by atoms with Crippen molar-refractivity contribution in [1.82, 2.24) is 9.78 Å². The van der Waals surface area contributed by atoms with Crippen LogP contribution in [0.4, 0.5) is 5.69 Å². The van der Waals surface area contributed by atoms with E-state index in [0.29, 0.717) is 23.0 Å². The highest BCUT2D eigenvalue weighted by molar-refractivity contribution is 7.84. The molecule has 0 amide bonds. The Bertz CT molecular complexity index is 682. The van der Waals surface area contributed by atoms with Crippen LogP contribution in [-0.2, 0) is 29.5 Å². The van der Waals surface area contributed by atoms with Gasteiger partial charge < -0.3 is 5.73 Å². The molecule has 1 aromatic heterocycles. The summed E-state index contributed by atoms with van der Waals surface area (Å²) in [4.78, 5) is 0.757. The number of benzene rings is 1. The van der Waals surface area contributed by atoms with Crippen LogP contribution in [-0.4, -0.2) is 14.0 Å². The largest absolute Gasteiger partial charge is 0.398 e. The number of nitrogens with zero attached hydrogens (tertiary/aromatic N) is 2. The van der Waals surface area contributed by atoms with E-state index in [-0.39, 0.29) is 0 Å². The molecule has 6 heteroatoms. The molecule has 1 unspecified atom stereocenters. The lowest BCUT2D eigenvalue weighted by Crippen LogP contribution is -2.07. The number of aryl methyl sites for hydroxylation is 2. The van der Waals surface area contributed by atoms with Crippen molar-refractivity contribution >= 4 is 28.1 Å². The average molecular weight is 326 g/mol. The molecule has 0 radical (unpaired) electrons. The van der Waals surface area contributed by atoms with Gasteiger partial charge in [-0.15, -0.1) is 0 Å². The molecule has 0 saturated heterocycles. The highest BCUT2D eigenvalue weighted by Gasteiger charge is 2.18. The highest BCUT2D eigenvalue weighted by Crippen LogP contribution is 2.26. The molecule has 1 heterocycles. The Kier molecular flexibility index (Phi) is 5.06. The second-order valence-corrected chi connectivity index (χ2v) is 6.63. The molecule has 0 aliphatic carbocycles. The maximum Gasteiger partial charge on any atom is 0.0859 e. The Balaban J connectivity index is 2.36. The zero-order valence-electron chi connectivity index (χ0n) is 12.5. The fraction of sp³-hybridized carbons (Fsp3) is 0.400. The van der Waals surface area contributed by atoms with Crippen molar-refractivity contribution < 1.29 is 4.21 Å². The van der Waals surface area contributed by atoms with E-state index in [4.69, 9.17) is 17.3 Å². The predicted octanol–water partition coefficient (Wildman–Crippen LogP) is 3.32. The summed E-state index contributed by atoms with van der Waals surface area (Å²) in [6, 6.07) is 5.49. The number of hydrogen-bond donors (Lipinski definition) is 1. The van der Waals surface area contributed by atoms with Gasteiger partial charge in [0, 0.05) is 17.1 Å². The molecule has 2 aromatic rings. The van der Waals surface area contributed by atoms with Gasteiger partial charge >= 0.3 is 0 Å². The Morgan fingerprint density at radius 3 is 2.71 bits per heavy atom. The third-order valence-corrected chi connectivity index (χ3v) is 5.44. The molecule has 0 bridgehead atoms. The van der Waals surface area contributed by atoms with E-state index < -0.39 is 10.8 Å². The molecule has 114 valence electrons. The van der Waals surface area contributed by atoms with Gasteiger partial charge in [0.1, 0.15) is 0 Å². The second kappa shape index (κ2) is 6.62. The van der Waals surface area contributed by atoms with E-state index in [1.165, 1.54) is 0 Å². The summed E-state index contributed by atoms with van der Waals surface area (Å²) in [6.07, 6.45) is 0.767. The topological polar surface area (TPSA) is 60.9 Å². The van der Waals surface area contributed by atoms with Gasteiger partial charge in [0.25, 0.3) is 0 Å². The number of rotatable bonds is 5. The SMILES string of the molecule is CCc1nn(CC)c(CS(=O)c2cccc(N)c2C)c1Cl. The molecule has 4 nitrogen and oxygen atoms in total. The summed E-state index contributed by atoms with van der Waals surface area (Å²) in [6.45, 7) is 6.61. The van der Waals surface area contributed by atoms with Crippen LogP contribution in [0.15, 0.2) is 23.1 Å². The first-order valence-corrected chi connectivity index (χ1v) is 8.66. The molecule has 21 heavy (non-hydrogen) atoms. The zero-order valence-corrected chi connectivity index (χ0v) is 14.1. The highest BCUT2D eigenvalue weighted by atomic mass is 35.5. The first kappa shape index (κ1) is 16.0. The summed E-state index contributed by atoms with van der Waals surface area (Å²) >= 11 is 6.37. The van der Waals surface area contributed by atoms with Crippen LogP contribution in [0.3, 0.4) is 0 Å². The molecule has 1 atom stereocenters. The van der Waals surface area contributed by atoms with E-state index in [1.807, 2.05) is 43.7 Å². The summed E-state index contributed by atoms with van der Waals surface area (Å²) in [5.41, 5.74) is 9.10. The minimum absolute atomic E-state index is 0.351. The second-order valence-electron chi connectivity index (χ2n) is 4.84. The van der Waals surface area contributed by atoms with Gasteiger partial charge in [0.05, 0.1) is 33.0 Å². The Hall–Kier alpha value is -1.33. The van der Waals surface area contributed by atoms with Crippen LogP contribution >= 0.6 is 11.6 Å². The molecule has 0 fully saturated rings. The molecule has 0 aliphatic rings. The van der Waals surface area contributed by atoms with E-state index in [9.17, 15) is 4.21 Å². The van der Waals surface area contributed by atoms with Crippen LogP contribution in [0.2, 0.25) is 5.02 Å². The number of aromatic nitrogens is 2. The van der Waals surface area contributed by atoms with Gasteiger partial charge in [0.15, 0.2) is 0 Å². The number of nitrogen functional groups attached to an aromatic ring is 1. The third-order valence-electron chi connectivity index (χ3n) is 3.53. The minimum atomic E-state index is -1.19. The molecular formula is C15H20ClN3OS. The summed E-state index contributed by atoms with van der Waals surface area (Å²) in [7, 11) is -1.19. The van der Waals surface area contributed by atoms with Crippen LogP contribution in [0.25, 0.3) is 0 Å². The van der Waals surface area contributed by atoms with Crippen molar-refractivity contribution in [2.45, 2.75) is 44.4 Å². The first-order valence-electron chi connectivity index (χ1n) is 6.97. The van der Waals surface area contributed by atoms with Crippen molar-refractivity contribution in [3.8, 4) is 0 Å². The number of halogens is 1. The molecule has 1 aromatic carbocycles. The normalized spacial score (nSPS) is 12.6. The molecule has 2 N–H and O–H groups in total. The monoisotopic (exact) mass is 325 g/mol. The van der Waals surface area contributed by atoms with E-state index in [0.717, 1.165) is 28.3 Å². The van der Waals surface area contributed by atoms with Gasteiger partial charge in [-0.1, -0.05) is 24.6 Å².